The molecule has 7 nitrogen and oxygen atoms in total. The second-order valence-electron chi connectivity index (χ2n) is 8.35. The third kappa shape index (κ3) is 7.19. The molecule has 3 aromatic carbocycles. The molecule has 1 amide bonds. The van der Waals surface area contributed by atoms with Gasteiger partial charge in [-0.05, 0) is 73.9 Å². The number of hydrogen-bond donors (Lipinski definition) is 1. The summed E-state index contributed by atoms with van der Waals surface area (Å²) in [5, 5.41) is 3.58. The Labute approximate surface area is 230 Å². The summed E-state index contributed by atoms with van der Waals surface area (Å²) < 4.78 is 38.9. The predicted octanol–water partition coefficient (Wildman–Crippen LogP) is 6.46. The number of aryl methyl sites for hydroxylation is 2. The Bertz CT molecular complexity index is 1430. The highest BCUT2D eigenvalue weighted by atomic mass is 35.5. The van der Waals surface area contributed by atoms with E-state index in [9.17, 15) is 13.2 Å². The highest BCUT2D eigenvalue weighted by Gasteiger charge is 2.31. The summed E-state index contributed by atoms with van der Waals surface area (Å²) in [5.41, 5.74) is 2.79. The summed E-state index contributed by atoms with van der Waals surface area (Å²) in [5.74, 6) is 0.715. The molecule has 194 valence electrons. The Morgan fingerprint density at radius 3 is 2.57 bits per heavy atom. The largest absolute Gasteiger partial charge is 0.494 e. The number of rotatable bonds is 10. The van der Waals surface area contributed by atoms with Crippen molar-refractivity contribution >= 4 is 63.1 Å². The van der Waals surface area contributed by atoms with E-state index in [0.717, 1.165) is 33.0 Å². The van der Waals surface area contributed by atoms with Crippen molar-refractivity contribution in [2.45, 2.75) is 42.4 Å². The average Bonchev–Trinajstić information content (AvgIpc) is 2.87. The molecule has 0 radical (unpaired) electrons. The van der Waals surface area contributed by atoms with Crippen molar-refractivity contribution in [1.82, 2.24) is 0 Å². The summed E-state index contributed by atoms with van der Waals surface area (Å²) >= 11 is 12.9. The molecule has 11 heteroatoms. The van der Waals surface area contributed by atoms with Crippen LogP contribution in [0.15, 0.2) is 70.5 Å². The number of amides is 1. The van der Waals surface area contributed by atoms with Gasteiger partial charge in [-0.1, -0.05) is 40.9 Å². The van der Waals surface area contributed by atoms with Crippen LogP contribution in [0.3, 0.4) is 0 Å². The number of nitrogens with one attached hydrogen (secondary N) is 1. The number of nitrogens with zero attached hydrogens (tertiary/aromatic N) is 1. The van der Waals surface area contributed by atoms with E-state index in [1.165, 1.54) is 6.21 Å². The second kappa shape index (κ2) is 12.2. The van der Waals surface area contributed by atoms with Crippen molar-refractivity contribution in [1.29, 1.82) is 0 Å². The van der Waals surface area contributed by atoms with E-state index in [-0.39, 0.29) is 10.8 Å². The average molecular weight is 581 g/mol. The number of ether oxygens (including phenoxy) is 1. The Morgan fingerprint density at radius 1 is 1.03 bits per heavy atom. The quantitative estimate of drug-likeness (QED) is 0.0975. The minimum Gasteiger partial charge on any atom is -0.494 e. The van der Waals surface area contributed by atoms with Crippen LogP contribution in [0.1, 0.15) is 30.4 Å². The van der Waals surface area contributed by atoms with E-state index in [0.29, 0.717) is 53.0 Å². The molecule has 0 atom stereocenters. The molecule has 0 spiro atoms. The Hall–Kier alpha value is -2.72. The lowest BCUT2D eigenvalue weighted by molar-refractivity contribution is -0.615. The van der Waals surface area contributed by atoms with Crippen LogP contribution < -0.4 is 10.1 Å². The number of fused-ring (bicyclic) bond motifs is 1. The minimum atomic E-state index is -3.96. The molecule has 1 heterocycles. The van der Waals surface area contributed by atoms with Gasteiger partial charge in [0.2, 0.25) is 12.1 Å². The highest BCUT2D eigenvalue weighted by molar-refractivity contribution is 7.95. The fourth-order valence-electron chi connectivity index (χ4n) is 3.51. The lowest BCUT2D eigenvalue weighted by Gasteiger charge is -2.17. The van der Waals surface area contributed by atoms with Gasteiger partial charge in [0.25, 0.3) is 0 Å². The van der Waals surface area contributed by atoms with Gasteiger partial charge < -0.3 is 10.1 Å². The number of unbranched alkanes of at least 4 members (excludes halogenated alkanes) is 1. The Balaban J connectivity index is 1.42. The molecule has 0 saturated carbocycles. The van der Waals surface area contributed by atoms with Gasteiger partial charge in [-0.3, -0.25) is 4.79 Å². The van der Waals surface area contributed by atoms with Gasteiger partial charge in [0.15, 0.2) is 12.0 Å². The SMILES string of the molecule is Cc1ccc(S(=O)(=O)[N+](=CCCCOc2ccc3c(c2)CCC(=O)N3)OSc2ccc(Cl)c(Cl)c2)cc1. The maximum atomic E-state index is 13.3. The van der Waals surface area contributed by atoms with Crippen LogP contribution in [0.5, 0.6) is 5.75 Å². The smallest absolute Gasteiger partial charge is 0.439 e. The summed E-state index contributed by atoms with van der Waals surface area (Å²) in [6.45, 7) is 2.26. The molecular formula is C26H25Cl2N2O5S2+. The predicted molar refractivity (Wildman–Crippen MR) is 146 cm³/mol. The van der Waals surface area contributed by atoms with E-state index in [1.807, 2.05) is 19.1 Å². The van der Waals surface area contributed by atoms with Gasteiger partial charge in [-0.25, -0.2) is 0 Å². The maximum absolute atomic E-state index is 13.3. The van der Waals surface area contributed by atoms with Crippen LogP contribution in [0.25, 0.3) is 0 Å². The van der Waals surface area contributed by atoms with Gasteiger partial charge in [-0.2, -0.15) is 12.7 Å². The van der Waals surface area contributed by atoms with Crippen LogP contribution in [0.2, 0.25) is 10.0 Å². The number of carbonyl (C=O) groups is 1. The third-order valence-corrected chi connectivity index (χ3v) is 8.60. The highest BCUT2D eigenvalue weighted by Crippen LogP contribution is 2.30. The topological polar surface area (TPSA) is 84.7 Å². The lowest BCUT2D eigenvalue weighted by Crippen LogP contribution is -2.21. The first-order valence-electron chi connectivity index (χ1n) is 11.5. The molecule has 0 aromatic heterocycles. The van der Waals surface area contributed by atoms with Gasteiger partial charge in [0.05, 0.1) is 21.5 Å². The monoisotopic (exact) mass is 579 g/mol. The van der Waals surface area contributed by atoms with E-state index in [1.54, 1.807) is 48.5 Å². The lowest BCUT2D eigenvalue weighted by atomic mass is 10.0. The van der Waals surface area contributed by atoms with Gasteiger partial charge in [0, 0.05) is 18.5 Å². The molecule has 0 aliphatic carbocycles. The van der Waals surface area contributed by atoms with E-state index in [4.69, 9.17) is 32.2 Å². The van der Waals surface area contributed by atoms with E-state index in [2.05, 4.69) is 5.32 Å². The molecule has 37 heavy (non-hydrogen) atoms. The summed E-state index contributed by atoms with van der Waals surface area (Å²) in [7, 11) is -3.96. The van der Waals surface area contributed by atoms with Gasteiger partial charge in [0.1, 0.15) is 14.8 Å². The number of hydrogen-bond acceptors (Lipinski definition) is 6. The number of halogens is 2. The first-order chi connectivity index (χ1) is 17.7. The maximum Gasteiger partial charge on any atom is 0.439 e. The zero-order valence-electron chi connectivity index (χ0n) is 19.9. The zero-order valence-corrected chi connectivity index (χ0v) is 23.1. The number of carbonyl (C=O) groups excluding carboxylic acids is 1. The molecule has 1 aliphatic rings. The molecule has 0 unspecified atom stereocenters. The second-order valence-corrected chi connectivity index (χ2v) is 11.7. The van der Waals surface area contributed by atoms with Crippen molar-refractivity contribution in [2.24, 2.45) is 0 Å². The van der Waals surface area contributed by atoms with Gasteiger partial charge >= 0.3 is 10.0 Å². The number of anilines is 1. The Kier molecular flexibility index (Phi) is 9.02. The standard InChI is InChI=1S/C26H24Cl2N2O5S2/c1-18-4-9-22(10-5-18)37(32,33)30(35-36-21-8-11-23(27)24(28)17-21)14-2-3-15-34-20-7-12-25-19(16-20)6-13-26(31)29-25/h4-5,7-12,14,16-17H,2-3,6,13,15H2,1H3/p+1. The first kappa shape index (κ1) is 27.3. The van der Waals surface area contributed by atoms with Crippen LogP contribution in [0, 0.1) is 6.92 Å². The van der Waals surface area contributed by atoms with Crippen LogP contribution >= 0.6 is 35.2 Å². The summed E-state index contributed by atoms with van der Waals surface area (Å²) in [4.78, 5) is 12.2. The number of benzene rings is 3. The Morgan fingerprint density at radius 2 is 1.81 bits per heavy atom. The molecule has 0 fully saturated rings. The van der Waals surface area contributed by atoms with Gasteiger partial charge in [-0.15, -0.1) is 0 Å². The van der Waals surface area contributed by atoms with Crippen LogP contribution in [-0.2, 0) is 25.5 Å². The molecule has 0 bridgehead atoms. The van der Waals surface area contributed by atoms with Crippen molar-refractivity contribution in [3.05, 3.63) is 81.8 Å². The molecule has 1 N–H and O–H groups in total. The van der Waals surface area contributed by atoms with Crippen molar-refractivity contribution in [3.63, 3.8) is 0 Å². The molecule has 1 aliphatic heterocycles. The normalized spacial score (nSPS) is 13.6. The summed E-state index contributed by atoms with van der Waals surface area (Å²) in [6, 6.07) is 17.0. The van der Waals surface area contributed by atoms with E-state index >= 15 is 0 Å². The fraction of sp³-hybridized carbons (Fsp3) is 0.231. The minimum absolute atomic E-state index is 0.0152. The van der Waals surface area contributed by atoms with Crippen molar-refractivity contribution in [3.8, 4) is 5.75 Å². The third-order valence-electron chi connectivity index (χ3n) is 5.52. The van der Waals surface area contributed by atoms with Crippen molar-refractivity contribution in [2.75, 3.05) is 11.9 Å². The molecular weight excluding hydrogens is 555 g/mol. The van der Waals surface area contributed by atoms with Crippen LogP contribution in [0.4, 0.5) is 5.69 Å². The molecule has 0 saturated heterocycles. The molecule has 4 rings (SSSR count). The van der Waals surface area contributed by atoms with Crippen molar-refractivity contribution < 1.29 is 26.4 Å². The van der Waals surface area contributed by atoms with E-state index < -0.39 is 10.0 Å². The zero-order chi connectivity index (χ0) is 26.4. The fourth-order valence-corrected chi connectivity index (χ4v) is 5.78. The number of sulfonamides is 1. The molecule has 3 aromatic rings. The first-order valence-corrected chi connectivity index (χ1v) is 14.5. The van der Waals surface area contributed by atoms with Crippen LogP contribution in [-0.4, -0.2) is 31.3 Å². The summed E-state index contributed by atoms with van der Waals surface area (Å²) in [6.07, 6.45) is 3.54.